The Balaban J connectivity index is 1.85. The number of nitrogens with zero attached hydrogens (tertiary/aromatic N) is 1. The number of hydrogen-bond acceptors (Lipinski definition) is 1. The smallest absolute Gasteiger partial charge is 0.222 e. The minimum Gasteiger partial charge on any atom is -0.338 e. The minimum absolute atomic E-state index is 0.240. The molecular formula is C20H21NO. The molecule has 1 aliphatic heterocycles. The summed E-state index contributed by atoms with van der Waals surface area (Å²) in [6, 6.07) is 17.8. The van der Waals surface area contributed by atoms with Crippen molar-refractivity contribution in [3.63, 3.8) is 0 Å². The van der Waals surface area contributed by atoms with Crippen LogP contribution in [-0.2, 0) is 4.79 Å². The molecule has 4 rings (SSSR count). The fourth-order valence-corrected chi connectivity index (χ4v) is 4.35. The number of amides is 1. The number of aryl methyl sites for hydroxylation is 1. The van der Waals surface area contributed by atoms with Crippen molar-refractivity contribution in [1.29, 1.82) is 0 Å². The van der Waals surface area contributed by atoms with Crippen LogP contribution in [0.5, 0.6) is 0 Å². The Morgan fingerprint density at radius 1 is 1.00 bits per heavy atom. The second-order valence-electron chi connectivity index (χ2n) is 6.67. The average molecular weight is 291 g/mol. The van der Waals surface area contributed by atoms with E-state index in [4.69, 9.17) is 0 Å². The maximum absolute atomic E-state index is 12.2. The van der Waals surface area contributed by atoms with Gasteiger partial charge in [0, 0.05) is 19.4 Å². The van der Waals surface area contributed by atoms with E-state index in [-0.39, 0.29) is 11.9 Å². The Morgan fingerprint density at radius 2 is 1.68 bits per heavy atom. The van der Waals surface area contributed by atoms with Crippen molar-refractivity contribution in [2.45, 2.75) is 31.7 Å². The van der Waals surface area contributed by atoms with Crippen LogP contribution in [0, 0.1) is 12.8 Å². The SMILES string of the molecule is Cc1ccc([C@@H]2c3ccccc3C3[C@H]2CCC(=O)N3C)cc1. The Labute approximate surface area is 131 Å². The van der Waals surface area contributed by atoms with Crippen LogP contribution in [-0.4, -0.2) is 17.9 Å². The molecule has 1 aliphatic carbocycles. The van der Waals surface area contributed by atoms with Crippen LogP contribution in [0.3, 0.4) is 0 Å². The van der Waals surface area contributed by atoms with E-state index in [1.165, 1.54) is 22.3 Å². The van der Waals surface area contributed by atoms with Crippen molar-refractivity contribution < 1.29 is 4.79 Å². The van der Waals surface area contributed by atoms with Crippen LogP contribution in [0.25, 0.3) is 0 Å². The van der Waals surface area contributed by atoms with Gasteiger partial charge in [-0.3, -0.25) is 4.79 Å². The molecule has 1 fully saturated rings. The first-order valence-electron chi connectivity index (χ1n) is 8.08. The predicted molar refractivity (Wildman–Crippen MR) is 87.7 cm³/mol. The lowest BCUT2D eigenvalue weighted by Crippen LogP contribution is -2.39. The van der Waals surface area contributed by atoms with Gasteiger partial charge in [0.05, 0.1) is 6.04 Å². The first-order chi connectivity index (χ1) is 10.7. The van der Waals surface area contributed by atoms with Gasteiger partial charge in [-0.25, -0.2) is 0 Å². The third kappa shape index (κ3) is 1.90. The van der Waals surface area contributed by atoms with Crippen molar-refractivity contribution in [1.82, 2.24) is 4.90 Å². The van der Waals surface area contributed by atoms with Crippen LogP contribution >= 0.6 is 0 Å². The van der Waals surface area contributed by atoms with E-state index < -0.39 is 0 Å². The number of benzene rings is 2. The molecule has 22 heavy (non-hydrogen) atoms. The van der Waals surface area contributed by atoms with Crippen molar-refractivity contribution in [2.24, 2.45) is 5.92 Å². The largest absolute Gasteiger partial charge is 0.338 e. The van der Waals surface area contributed by atoms with Gasteiger partial charge in [0.1, 0.15) is 0 Å². The molecule has 2 nitrogen and oxygen atoms in total. The molecule has 1 unspecified atom stereocenters. The van der Waals surface area contributed by atoms with E-state index in [1.54, 1.807) is 0 Å². The van der Waals surface area contributed by atoms with Crippen LogP contribution in [0.4, 0.5) is 0 Å². The first kappa shape index (κ1) is 13.6. The summed E-state index contributed by atoms with van der Waals surface area (Å²) in [5.41, 5.74) is 5.42. The van der Waals surface area contributed by atoms with Gasteiger partial charge >= 0.3 is 0 Å². The molecule has 2 heteroatoms. The number of fused-ring (bicyclic) bond motifs is 3. The van der Waals surface area contributed by atoms with Crippen LogP contribution < -0.4 is 0 Å². The average Bonchev–Trinajstić information content (AvgIpc) is 2.87. The van der Waals surface area contributed by atoms with E-state index >= 15 is 0 Å². The summed E-state index contributed by atoms with van der Waals surface area (Å²) in [4.78, 5) is 14.1. The summed E-state index contributed by atoms with van der Waals surface area (Å²) in [5.74, 6) is 1.20. The van der Waals surface area contributed by atoms with Gasteiger partial charge in [-0.1, -0.05) is 54.1 Å². The van der Waals surface area contributed by atoms with Crippen molar-refractivity contribution in [2.75, 3.05) is 7.05 Å². The summed E-state index contributed by atoms with van der Waals surface area (Å²) < 4.78 is 0. The van der Waals surface area contributed by atoms with E-state index in [2.05, 4.69) is 55.5 Å². The van der Waals surface area contributed by atoms with Gasteiger partial charge in [0.15, 0.2) is 0 Å². The lowest BCUT2D eigenvalue weighted by Gasteiger charge is -2.37. The molecule has 0 bridgehead atoms. The molecule has 2 aliphatic rings. The van der Waals surface area contributed by atoms with Gasteiger partial charge < -0.3 is 4.90 Å². The quantitative estimate of drug-likeness (QED) is 0.776. The Kier molecular flexibility index (Phi) is 3.07. The predicted octanol–water partition coefficient (Wildman–Crippen LogP) is 4.05. The van der Waals surface area contributed by atoms with Crippen LogP contribution in [0.2, 0.25) is 0 Å². The molecule has 0 spiro atoms. The molecule has 2 aromatic rings. The lowest BCUT2D eigenvalue weighted by atomic mass is 9.79. The molecule has 2 aromatic carbocycles. The second-order valence-corrected chi connectivity index (χ2v) is 6.67. The highest BCUT2D eigenvalue weighted by Gasteiger charge is 2.46. The first-order valence-corrected chi connectivity index (χ1v) is 8.08. The van der Waals surface area contributed by atoms with Gasteiger partial charge in [-0.2, -0.15) is 0 Å². The molecule has 1 saturated heterocycles. The maximum atomic E-state index is 12.2. The van der Waals surface area contributed by atoms with Crippen molar-refractivity contribution >= 4 is 5.91 Å². The number of hydrogen-bond donors (Lipinski definition) is 0. The fraction of sp³-hybridized carbons (Fsp3) is 0.350. The normalized spacial score (nSPS) is 26.7. The zero-order valence-corrected chi connectivity index (χ0v) is 13.1. The highest BCUT2D eigenvalue weighted by molar-refractivity contribution is 5.78. The lowest BCUT2D eigenvalue weighted by molar-refractivity contribution is -0.136. The minimum atomic E-state index is 0.240. The van der Waals surface area contributed by atoms with Gasteiger partial charge in [-0.15, -0.1) is 0 Å². The van der Waals surface area contributed by atoms with E-state index in [0.717, 1.165) is 6.42 Å². The highest BCUT2D eigenvalue weighted by Crippen LogP contribution is 2.54. The monoisotopic (exact) mass is 291 g/mol. The summed E-state index contributed by atoms with van der Waals surface area (Å²) in [6.07, 6.45) is 1.66. The molecule has 0 N–H and O–H groups in total. The third-order valence-electron chi connectivity index (χ3n) is 5.42. The van der Waals surface area contributed by atoms with E-state index in [1.807, 2.05) is 11.9 Å². The summed E-state index contributed by atoms with van der Waals surface area (Å²) in [6.45, 7) is 2.13. The highest BCUT2D eigenvalue weighted by atomic mass is 16.2. The Morgan fingerprint density at radius 3 is 2.41 bits per heavy atom. The number of carbonyl (C=O) groups is 1. The second kappa shape index (κ2) is 4.98. The van der Waals surface area contributed by atoms with Crippen LogP contribution in [0.15, 0.2) is 48.5 Å². The number of rotatable bonds is 1. The molecule has 112 valence electrons. The van der Waals surface area contributed by atoms with Gasteiger partial charge in [0.25, 0.3) is 0 Å². The number of carbonyl (C=O) groups excluding carboxylic acids is 1. The number of piperidine rings is 1. The third-order valence-corrected chi connectivity index (χ3v) is 5.42. The maximum Gasteiger partial charge on any atom is 0.222 e. The summed E-state index contributed by atoms with van der Waals surface area (Å²) in [5, 5.41) is 0. The van der Waals surface area contributed by atoms with E-state index in [9.17, 15) is 4.79 Å². The molecule has 1 amide bonds. The zero-order valence-electron chi connectivity index (χ0n) is 13.1. The standard InChI is InChI=1S/C20H21NO/c1-13-7-9-14(10-8-13)19-15-5-3-4-6-16(15)20-17(19)11-12-18(22)21(20)2/h3-10,17,19-20H,11-12H2,1-2H3/t17-,19+,20?/m0/s1. The fourth-order valence-electron chi connectivity index (χ4n) is 4.35. The topological polar surface area (TPSA) is 20.3 Å². The summed E-state index contributed by atoms with van der Waals surface area (Å²) >= 11 is 0. The Hall–Kier alpha value is -2.09. The summed E-state index contributed by atoms with van der Waals surface area (Å²) in [7, 11) is 1.97. The molecule has 3 atom stereocenters. The molecule has 0 saturated carbocycles. The molecular weight excluding hydrogens is 270 g/mol. The van der Waals surface area contributed by atoms with Gasteiger partial charge in [0.2, 0.25) is 5.91 Å². The van der Waals surface area contributed by atoms with Crippen molar-refractivity contribution in [3.05, 3.63) is 70.8 Å². The van der Waals surface area contributed by atoms with Crippen LogP contribution in [0.1, 0.15) is 47.1 Å². The van der Waals surface area contributed by atoms with Crippen molar-refractivity contribution in [3.8, 4) is 0 Å². The molecule has 0 radical (unpaired) electrons. The zero-order chi connectivity index (χ0) is 15.3. The molecule has 0 aromatic heterocycles. The van der Waals surface area contributed by atoms with Gasteiger partial charge in [-0.05, 0) is 36.0 Å². The molecule has 1 heterocycles. The Bertz CT molecular complexity index is 719. The van der Waals surface area contributed by atoms with E-state index in [0.29, 0.717) is 18.3 Å². The number of likely N-dealkylation sites (tertiary alicyclic amines) is 1.